The van der Waals surface area contributed by atoms with Crippen LogP contribution in [0.25, 0.3) is 10.9 Å². The molecule has 1 heterocycles. The first-order valence-electron chi connectivity index (χ1n) is 4.80. The zero-order chi connectivity index (χ0) is 10.8. The van der Waals surface area contributed by atoms with Gasteiger partial charge in [0.05, 0.1) is 5.52 Å². The van der Waals surface area contributed by atoms with Crippen LogP contribution in [0, 0.1) is 6.92 Å². The van der Waals surface area contributed by atoms with Gasteiger partial charge in [-0.3, -0.25) is 4.79 Å². The monoisotopic (exact) mass is 200 g/mol. The number of nitrogens with one attached hydrogen (secondary N) is 1. The quantitative estimate of drug-likeness (QED) is 0.768. The van der Waals surface area contributed by atoms with Gasteiger partial charge < -0.3 is 5.32 Å². The van der Waals surface area contributed by atoms with E-state index in [0.29, 0.717) is 5.82 Å². The van der Waals surface area contributed by atoms with Gasteiger partial charge in [0.2, 0.25) is 5.91 Å². The second-order valence-corrected chi connectivity index (χ2v) is 3.57. The van der Waals surface area contributed by atoms with E-state index in [1.807, 2.05) is 31.2 Å². The number of carbonyl (C=O) groups excluding carboxylic acids is 1. The van der Waals surface area contributed by atoms with Crippen molar-refractivity contribution in [2.45, 2.75) is 13.8 Å². The van der Waals surface area contributed by atoms with Gasteiger partial charge in [-0.05, 0) is 30.7 Å². The number of carbonyl (C=O) groups is 1. The number of aryl methyl sites for hydroxylation is 1. The van der Waals surface area contributed by atoms with Crippen LogP contribution in [-0.2, 0) is 4.79 Å². The van der Waals surface area contributed by atoms with Crippen LogP contribution in [0.4, 0.5) is 5.82 Å². The van der Waals surface area contributed by atoms with Crippen LogP contribution in [0.5, 0.6) is 0 Å². The second-order valence-electron chi connectivity index (χ2n) is 3.57. The van der Waals surface area contributed by atoms with E-state index in [2.05, 4.69) is 10.3 Å². The van der Waals surface area contributed by atoms with Crippen LogP contribution >= 0.6 is 0 Å². The fourth-order valence-electron chi connectivity index (χ4n) is 1.48. The zero-order valence-electron chi connectivity index (χ0n) is 8.74. The van der Waals surface area contributed by atoms with Crippen molar-refractivity contribution in [2.75, 3.05) is 5.32 Å². The zero-order valence-corrected chi connectivity index (χ0v) is 8.74. The van der Waals surface area contributed by atoms with Gasteiger partial charge in [0.25, 0.3) is 0 Å². The first-order chi connectivity index (χ1) is 7.15. The average molecular weight is 200 g/mol. The molecule has 3 nitrogen and oxygen atoms in total. The Bertz CT molecular complexity index is 520. The van der Waals surface area contributed by atoms with Crippen molar-refractivity contribution >= 4 is 22.6 Å². The molecule has 0 unspecified atom stereocenters. The highest BCUT2D eigenvalue weighted by Gasteiger charge is 1.99. The fourth-order valence-corrected chi connectivity index (χ4v) is 1.48. The van der Waals surface area contributed by atoms with Crippen LogP contribution in [0.15, 0.2) is 30.3 Å². The van der Waals surface area contributed by atoms with Crippen LogP contribution in [0.1, 0.15) is 12.5 Å². The van der Waals surface area contributed by atoms with E-state index in [4.69, 9.17) is 0 Å². The second kappa shape index (κ2) is 3.69. The van der Waals surface area contributed by atoms with Gasteiger partial charge in [0, 0.05) is 12.3 Å². The predicted molar refractivity (Wildman–Crippen MR) is 60.8 cm³/mol. The lowest BCUT2D eigenvalue weighted by molar-refractivity contribution is -0.114. The lowest BCUT2D eigenvalue weighted by Crippen LogP contribution is -2.07. The van der Waals surface area contributed by atoms with Gasteiger partial charge in [0.15, 0.2) is 0 Å². The molecule has 0 bridgehead atoms. The number of nitrogens with zero attached hydrogens (tertiary/aromatic N) is 1. The molecule has 2 aromatic rings. The third-order valence-electron chi connectivity index (χ3n) is 2.15. The third kappa shape index (κ3) is 2.13. The molecular formula is C12H12N2O. The summed E-state index contributed by atoms with van der Waals surface area (Å²) in [7, 11) is 0. The predicted octanol–water partition coefficient (Wildman–Crippen LogP) is 2.50. The Labute approximate surface area is 88.1 Å². The minimum Gasteiger partial charge on any atom is -0.311 e. The Hall–Kier alpha value is -1.90. The molecule has 0 aliphatic heterocycles. The standard InChI is InChI=1S/C12H12N2O/c1-8-3-4-10-5-6-12(13-9(2)15)14-11(10)7-8/h3-7H,1-2H3,(H,13,14,15). The molecule has 76 valence electrons. The van der Waals surface area contributed by atoms with E-state index < -0.39 is 0 Å². The SMILES string of the molecule is CC(=O)Nc1ccc2ccc(C)cc2n1. The molecule has 0 aliphatic carbocycles. The van der Waals surface area contributed by atoms with Crippen molar-refractivity contribution < 1.29 is 4.79 Å². The van der Waals surface area contributed by atoms with Gasteiger partial charge in [-0.1, -0.05) is 12.1 Å². The molecule has 3 heteroatoms. The van der Waals surface area contributed by atoms with E-state index >= 15 is 0 Å². The first kappa shape index (κ1) is 9.65. The molecule has 15 heavy (non-hydrogen) atoms. The van der Waals surface area contributed by atoms with Gasteiger partial charge in [-0.25, -0.2) is 4.98 Å². The smallest absolute Gasteiger partial charge is 0.222 e. The Morgan fingerprint density at radius 1 is 1.27 bits per heavy atom. The van der Waals surface area contributed by atoms with Crippen molar-refractivity contribution in [1.82, 2.24) is 4.98 Å². The Balaban J connectivity index is 2.49. The van der Waals surface area contributed by atoms with Crippen LogP contribution in [-0.4, -0.2) is 10.9 Å². The molecule has 0 saturated heterocycles. The lowest BCUT2D eigenvalue weighted by atomic mass is 10.1. The lowest BCUT2D eigenvalue weighted by Gasteiger charge is -2.03. The summed E-state index contributed by atoms with van der Waals surface area (Å²) in [5.74, 6) is 0.495. The summed E-state index contributed by atoms with van der Waals surface area (Å²) in [5, 5.41) is 3.74. The van der Waals surface area contributed by atoms with Gasteiger partial charge in [-0.15, -0.1) is 0 Å². The summed E-state index contributed by atoms with van der Waals surface area (Å²) < 4.78 is 0. The molecule has 0 fully saturated rings. The molecule has 2 rings (SSSR count). The van der Waals surface area contributed by atoms with Crippen molar-refractivity contribution in [3.8, 4) is 0 Å². The molecular weight excluding hydrogens is 188 g/mol. The Morgan fingerprint density at radius 2 is 2.00 bits per heavy atom. The summed E-state index contributed by atoms with van der Waals surface area (Å²) >= 11 is 0. The van der Waals surface area contributed by atoms with Crippen LogP contribution in [0.3, 0.4) is 0 Å². The van der Waals surface area contributed by atoms with Gasteiger partial charge in [0.1, 0.15) is 5.82 Å². The minimum absolute atomic E-state index is 0.102. The highest BCUT2D eigenvalue weighted by molar-refractivity contribution is 5.89. The molecule has 1 amide bonds. The van der Waals surface area contributed by atoms with Gasteiger partial charge >= 0.3 is 0 Å². The van der Waals surface area contributed by atoms with Gasteiger partial charge in [-0.2, -0.15) is 0 Å². The maximum atomic E-state index is 10.9. The number of hydrogen-bond donors (Lipinski definition) is 1. The number of rotatable bonds is 1. The number of benzene rings is 1. The largest absolute Gasteiger partial charge is 0.311 e. The number of anilines is 1. The Kier molecular flexibility index (Phi) is 2.37. The normalized spacial score (nSPS) is 10.3. The number of hydrogen-bond acceptors (Lipinski definition) is 2. The van der Waals surface area contributed by atoms with Crippen molar-refractivity contribution in [2.24, 2.45) is 0 Å². The van der Waals surface area contributed by atoms with Crippen molar-refractivity contribution in [3.05, 3.63) is 35.9 Å². The third-order valence-corrected chi connectivity index (χ3v) is 2.15. The summed E-state index contributed by atoms with van der Waals surface area (Å²) in [4.78, 5) is 15.2. The molecule has 1 aromatic heterocycles. The van der Waals surface area contributed by atoms with E-state index in [0.717, 1.165) is 16.5 Å². The molecule has 1 aromatic carbocycles. The number of fused-ring (bicyclic) bond motifs is 1. The van der Waals surface area contributed by atoms with Crippen molar-refractivity contribution in [3.63, 3.8) is 0 Å². The molecule has 0 atom stereocenters. The van der Waals surface area contributed by atoms with Crippen molar-refractivity contribution in [1.29, 1.82) is 0 Å². The summed E-state index contributed by atoms with van der Waals surface area (Å²) in [5.41, 5.74) is 2.07. The molecule has 0 spiro atoms. The topological polar surface area (TPSA) is 42.0 Å². The number of amides is 1. The number of pyridine rings is 1. The fraction of sp³-hybridized carbons (Fsp3) is 0.167. The first-order valence-corrected chi connectivity index (χ1v) is 4.80. The highest BCUT2D eigenvalue weighted by atomic mass is 16.1. The van der Waals surface area contributed by atoms with Crippen LogP contribution in [0.2, 0.25) is 0 Å². The average Bonchev–Trinajstić information content (AvgIpc) is 2.16. The molecule has 1 N–H and O–H groups in total. The highest BCUT2D eigenvalue weighted by Crippen LogP contribution is 2.16. The maximum absolute atomic E-state index is 10.9. The molecule has 0 saturated carbocycles. The molecule has 0 aliphatic rings. The minimum atomic E-state index is -0.102. The summed E-state index contributed by atoms with van der Waals surface area (Å²) in [6.45, 7) is 3.49. The van der Waals surface area contributed by atoms with Crippen LogP contribution < -0.4 is 5.32 Å². The summed E-state index contributed by atoms with van der Waals surface area (Å²) in [6.07, 6.45) is 0. The van der Waals surface area contributed by atoms with E-state index in [-0.39, 0.29) is 5.91 Å². The molecule has 0 radical (unpaired) electrons. The Morgan fingerprint density at radius 3 is 2.73 bits per heavy atom. The van der Waals surface area contributed by atoms with E-state index in [9.17, 15) is 4.79 Å². The summed E-state index contributed by atoms with van der Waals surface area (Å²) in [6, 6.07) is 9.82. The van der Waals surface area contributed by atoms with E-state index in [1.54, 1.807) is 6.07 Å². The maximum Gasteiger partial charge on any atom is 0.222 e. The van der Waals surface area contributed by atoms with E-state index in [1.165, 1.54) is 6.92 Å². The number of aromatic nitrogens is 1.